The summed E-state index contributed by atoms with van der Waals surface area (Å²) in [6.45, 7) is 4.47. The fourth-order valence-electron chi connectivity index (χ4n) is 1.91. The molecule has 0 amide bonds. The maximum absolute atomic E-state index is 5.38. The molecule has 84 valence electrons. The number of para-hydroxylation sites is 1. The van der Waals surface area contributed by atoms with Crippen molar-refractivity contribution in [3.8, 4) is 5.75 Å². The number of methoxy groups -OCH3 is 1. The maximum Gasteiger partial charge on any atom is 0.123 e. The molecule has 2 heteroatoms. The Morgan fingerprint density at radius 3 is 2.53 bits per heavy atom. The first-order valence-corrected chi connectivity index (χ1v) is 5.54. The molecule has 0 heterocycles. The molecule has 0 aliphatic heterocycles. The lowest BCUT2D eigenvalue weighted by Crippen LogP contribution is -2.23. The van der Waals surface area contributed by atoms with Crippen molar-refractivity contribution in [3.05, 3.63) is 29.8 Å². The number of hydrogen-bond acceptors (Lipinski definition) is 2. The van der Waals surface area contributed by atoms with Gasteiger partial charge in [-0.15, -0.1) is 0 Å². The number of hydrogen-bond donors (Lipinski definition) is 1. The van der Waals surface area contributed by atoms with Gasteiger partial charge in [-0.25, -0.2) is 0 Å². The minimum absolute atomic E-state index is 0.367. The molecule has 2 atom stereocenters. The number of benzene rings is 1. The van der Waals surface area contributed by atoms with Crippen molar-refractivity contribution in [1.82, 2.24) is 5.32 Å². The first-order valence-electron chi connectivity index (χ1n) is 5.54. The van der Waals surface area contributed by atoms with Crippen molar-refractivity contribution >= 4 is 0 Å². The molecule has 2 nitrogen and oxygen atoms in total. The molecule has 1 rings (SSSR count). The smallest absolute Gasteiger partial charge is 0.123 e. The third-order valence-corrected chi connectivity index (χ3v) is 3.00. The Kier molecular flexibility index (Phi) is 4.63. The summed E-state index contributed by atoms with van der Waals surface area (Å²) in [4.78, 5) is 0. The lowest BCUT2D eigenvalue weighted by molar-refractivity contribution is 0.365. The van der Waals surface area contributed by atoms with Crippen LogP contribution in [-0.2, 0) is 0 Å². The lowest BCUT2D eigenvalue weighted by atomic mass is 9.92. The molecule has 2 unspecified atom stereocenters. The van der Waals surface area contributed by atoms with Crippen LogP contribution in [0.2, 0.25) is 0 Å². The second-order valence-corrected chi connectivity index (χ2v) is 3.89. The highest BCUT2D eigenvalue weighted by Crippen LogP contribution is 2.30. The molecule has 0 bridgehead atoms. The van der Waals surface area contributed by atoms with Gasteiger partial charge < -0.3 is 10.1 Å². The fraction of sp³-hybridized carbons (Fsp3) is 0.538. The van der Waals surface area contributed by atoms with E-state index in [0.717, 1.165) is 12.2 Å². The zero-order valence-corrected chi connectivity index (χ0v) is 10.1. The molecule has 0 aliphatic rings. The molecule has 0 saturated carbocycles. The number of ether oxygens (including phenoxy) is 1. The summed E-state index contributed by atoms with van der Waals surface area (Å²) in [7, 11) is 3.73. The Morgan fingerprint density at radius 2 is 2.00 bits per heavy atom. The third-order valence-electron chi connectivity index (χ3n) is 3.00. The van der Waals surface area contributed by atoms with Crippen LogP contribution in [0.25, 0.3) is 0 Å². The van der Waals surface area contributed by atoms with E-state index in [-0.39, 0.29) is 0 Å². The summed E-state index contributed by atoms with van der Waals surface area (Å²) in [5.41, 5.74) is 1.25. The van der Waals surface area contributed by atoms with Gasteiger partial charge in [0.15, 0.2) is 0 Å². The molecule has 0 fully saturated rings. The Bertz CT molecular complexity index is 298. The molecule has 0 spiro atoms. The molecule has 1 N–H and O–H groups in total. The van der Waals surface area contributed by atoms with Crippen molar-refractivity contribution in [2.75, 3.05) is 14.2 Å². The van der Waals surface area contributed by atoms with Crippen molar-refractivity contribution < 1.29 is 4.74 Å². The highest BCUT2D eigenvalue weighted by atomic mass is 16.5. The van der Waals surface area contributed by atoms with Gasteiger partial charge in [0.2, 0.25) is 0 Å². The van der Waals surface area contributed by atoms with Gasteiger partial charge in [0.25, 0.3) is 0 Å². The lowest BCUT2D eigenvalue weighted by Gasteiger charge is -2.24. The number of nitrogens with one attached hydrogen (secondary N) is 1. The average Bonchev–Trinajstić information content (AvgIpc) is 2.30. The van der Waals surface area contributed by atoms with E-state index in [0.29, 0.717) is 12.0 Å². The van der Waals surface area contributed by atoms with Crippen LogP contribution in [0.4, 0.5) is 0 Å². The third kappa shape index (κ3) is 2.72. The van der Waals surface area contributed by atoms with E-state index in [1.54, 1.807) is 7.11 Å². The van der Waals surface area contributed by atoms with Crippen molar-refractivity contribution in [2.24, 2.45) is 5.92 Å². The molecule has 0 aliphatic carbocycles. The van der Waals surface area contributed by atoms with Gasteiger partial charge in [-0.1, -0.05) is 38.5 Å². The molecule has 0 aromatic heterocycles. The SMILES string of the molecule is CCC(C)C(NC)c1ccccc1OC. The first-order chi connectivity index (χ1) is 7.24. The van der Waals surface area contributed by atoms with E-state index in [9.17, 15) is 0 Å². The van der Waals surface area contributed by atoms with Crippen LogP contribution in [0.3, 0.4) is 0 Å². The van der Waals surface area contributed by atoms with Gasteiger partial charge in [0, 0.05) is 11.6 Å². The van der Waals surface area contributed by atoms with Crippen LogP contribution in [0.5, 0.6) is 5.75 Å². The summed E-state index contributed by atoms with van der Waals surface area (Å²) in [5, 5.41) is 3.36. The highest BCUT2D eigenvalue weighted by Gasteiger charge is 2.18. The van der Waals surface area contributed by atoms with Crippen LogP contribution in [0.1, 0.15) is 31.9 Å². The minimum atomic E-state index is 0.367. The van der Waals surface area contributed by atoms with E-state index in [1.807, 2.05) is 19.2 Å². The molecule has 0 saturated heterocycles. The predicted octanol–water partition coefficient (Wildman–Crippen LogP) is 3.00. The van der Waals surface area contributed by atoms with Crippen molar-refractivity contribution in [2.45, 2.75) is 26.3 Å². The second-order valence-electron chi connectivity index (χ2n) is 3.89. The number of rotatable bonds is 5. The molecular formula is C13H21NO. The molecule has 15 heavy (non-hydrogen) atoms. The van der Waals surface area contributed by atoms with E-state index in [1.165, 1.54) is 5.56 Å². The monoisotopic (exact) mass is 207 g/mol. The van der Waals surface area contributed by atoms with Gasteiger partial charge in [-0.2, -0.15) is 0 Å². The second kappa shape index (κ2) is 5.76. The van der Waals surface area contributed by atoms with Crippen molar-refractivity contribution in [1.29, 1.82) is 0 Å². The van der Waals surface area contributed by atoms with Gasteiger partial charge in [-0.3, -0.25) is 0 Å². The summed E-state index contributed by atoms with van der Waals surface area (Å²) in [6, 6.07) is 8.58. The zero-order chi connectivity index (χ0) is 11.3. The normalized spacial score (nSPS) is 14.7. The zero-order valence-electron chi connectivity index (χ0n) is 10.1. The van der Waals surface area contributed by atoms with Crippen LogP contribution in [-0.4, -0.2) is 14.2 Å². The van der Waals surface area contributed by atoms with Gasteiger partial charge in [0.05, 0.1) is 7.11 Å². The summed E-state index contributed by atoms with van der Waals surface area (Å²) in [6.07, 6.45) is 1.16. The summed E-state index contributed by atoms with van der Waals surface area (Å²) < 4.78 is 5.38. The van der Waals surface area contributed by atoms with Crippen LogP contribution < -0.4 is 10.1 Å². The fourth-order valence-corrected chi connectivity index (χ4v) is 1.91. The summed E-state index contributed by atoms with van der Waals surface area (Å²) in [5.74, 6) is 1.57. The van der Waals surface area contributed by atoms with Gasteiger partial charge >= 0.3 is 0 Å². The molecule has 1 aromatic carbocycles. The highest BCUT2D eigenvalue weighted by molar-refractivity contribution is 5.36. The van der Waals surface area contributed by atoms with Crippen LogP contribution in [0, 0.1) is 5.92 Å². The molecule has 0 radical (unpaired) electrons. The Labute approximate surface area is 92.6 Å². The van der Waals surface area contributed by atoms with Gasteiger partial charge in [0.1, 0.15) is 5.75 Å². The Hall–Kier alpha value is -1.02. The molecule has 1 aromatic rings. The topological polar surface area (TPSA) is 21.3 Å². The molecular weight excluding hydrogens is 186 g/mol. The van der Waals surface area contributed by atoms with Crippen LogP contribution >= 0.6 is 0 Å². The van der Waals surface area contributed by atoms with E-state index >= 15 is 0 Å². The Morgan fingerprint density at radius 1 is 1.33 bits per heavy atom. The Balaban J connectivity index is 3.00. The quantitative estimate of drug-likeness (QED) is 0.801. The predicted molar refractivity (Wildman–Crippen MR) is 64.2 cm³/mol. The maximum atomic E-state index is 5.38. The average molecular weight is 207 g/mol. The van der Waals surface area contributed by atoms with E-state index in [2.05, 4.69) is 31.3 Å². The largest absolute Gasteiger partial charge is 0.496 e. The first kappa shape index (κ1) is 12.1. The van der Waals surface area contributed by atoms with Crippen LogP contribution in [0.15, 0.2) is 24.3 Å². The standard InChI is InChI=1S/C13H21NO/c1-5-10(2)13(14-3)11-8-6-7-9-12(11)15-4/h6-10,13-14H,5H2,1-4H3. The summed E-state index contributed by atoms with van der Waals surface area (Å²) >= 11 is 0. The van der Waals surface area contributed by atoms with E-state index in [4.69, 9.17) is 4.74 Å². The van der Waals surface area contributed by atoms with Gasteiger partial charge in [-0.05, 0) is 19.0 Å². The van der Waals surface area contributed by atoms with Crippen molar-refractivity contribution in [3.63, 3.8) is 0 Å². The minimum Gasteiger partial charge on any atom is -0.496 e. The van der Waals surface area contributed by atoms with E-state index < -0.39 is 0 Å².